The first kappa shape index (κ1) is 13.9. The van der Waals surface area contributed by atoms with Crippen molar-refractivity contribution < 1.29 is 14.1 Å². The number of benzene rings is 1. The molecule has 0 bridgehead atoms. The van der Waals surface area contributed by atoms with Gasteiger partial charge in [0.2, 0.25) is 0 Å². The number of hydrogen-bond acceptors (Lipinski definition) is 4. The number of amides is 2. The maximum Gasteiger partial charge on any atom is 0.323 e. The van der Waals surface area contributed by atoms with Crippen molar-refractivity contribution in [2.45, 2.75) is 13.5 Å². The molecular weight excluding hydrogens is 258 g/mol. The molecule has 6 heteroatoms. The Bertz CT molecular complexity index is 595. The van der Waals surface area contributed by atoms with Crippen LogP contribution < -0.4 is 10.1 Å². The van der Waals surface area contributed by atoms with E-state index in [9.17, 15) is 4.79 Å². The van der Waals surface area contributed by atoms with Crippen LogP contribution in [0.25, 0.3) is 0 Å². The minimum Gasteiger partial charge on any atom is -0.496 e. The predicted molar refractivity (Wildman–Crippen MR) is 74.7 cm³/mol. The lowest BCUT2D eigenvalue weighted by Crippen LogP contribution is -2.31. The summed E-state index contributed by atoms with van der Waals surface area (Å²) in [6, 6.07) is 8.98. The summed E-state index contributed by atoms with van der Waals surface area (Å²) in [7, 11) is 3.31. The van der Waals surface area contributed by atoms with Crippen molar-refractivity contribution in [2.75, 3.05) is 19.5 Å². The normalized spacial score (nSPS) is 10.2. The zero-order valence-electron chi connectivity index (χ0n) is 11.7. The van der Waals surface area contributed by atoms with E-state index in [0.717, 1.165) is 11.3 Å². The van der Waals surface area contributed by atoms with Crippen LogP contribution in [-0.4, -0.2) is 30.2 Å². The molecule has 0 radical (unpaired) electrons. The lowest BCUT2D eigenvalue weighted by Gasteiger charge is -2.18. The van der Waals surface area contributed by atoms with E-state index < -0.39 is 0 Å². The maximum absolute atomic E-state index is 12.0. The summed E-state index contributed by atoms with van der Waals surface area (Å²) in [5.41, 5.74) is 0.934. The molecule has 0 aliphatic rings. The molecule has 1 aromatic carbocycles. The van der Waals surface area contributed by atoms with Crippen LogP contribution in [0.1, 0.15) is 11.3 Å². The van der Waals surface area contributed by atoms with Gasteiger partial charge in [-0.25, -0.2) is 4.79 Å². The summed E-state index contributed by atoms with van der Waals surface area (Å²) in [6.07, 6.45) is 0. The Morgan fingerprint density at radius 2 is 2.20 bits per heavy atom. The van der Waals surface area contributed by atoms with Crippen LogP contribution in [0.2, 0.25) is 0 Å². The van der Waals surface area contributed by atoms with E-state index in [1.807, 2.05) is 24.3 Å². The number of aromatic nitrogens is 1. The minimum absolute atomic E-state index is 0.260. The van der Waals surface area contributed by atoms with E-state index >= 15 is 0 Å². The third-order valence-corrected chi connectivity index (χ3v) is 2.81. The molecule has 106 valence electrons. The second-order valence-corrected chi connectivity index (χ2v) is 4.42. The highest BCUT2D eigenvalue weighted by molar-refractivity contribution is 5.88. The Hall–Kier alpha value is -2.50. The Kier molecular flexibility index (Phi) is 4.24. The molecule has 2 aromatic rings. The molecule has 0 aliphatic carbocycles. The zero-order chi connectivity index (χ0) is 14.5. The molecule has 0 aliphatic heterocycles. The van der Waals surface area contributed by atoms with Crippen molar-refractivity contribution in [1.29, 1.82) is 0 Å². The lowest BCUT2D eigenvalue weighted by atomic mass is 10.2. The first-order valence-corrected chi connectivity index (χ1v) is 6.17. The van der Waals surface area contributed by atoms with Crippen LogP contribution in [0.4, 0.5) is 10.6 Å². The van der Waals surface area contributed by atoms with E-state index in [4.69, 9.17) is 9.26 Å². The van der Waals surface area contributed by atoms with E-state index in [0.29, 0.717) is 18.1 Å². The zero-order valence-corrected chi connectivity index (χ0v) is 11.7. The fourth-order valence-electron chi connectivity index (χ4n) is 1.79. The van der Waals surface area contributed by atoms with Crippen LogP contribution in [0.15, 0.2) is 34.9 Å². The Morgan fingerprint density at radius 1 is 1.45 bits per heavy atom. The van der Waals surface area contributed by atoms with Crippen LogP contribution in [0.3, 0.4) is 0 Å². The van der Waals surface area contributed by atoms with Gasteiger partial charge in [-0.2, -0.15) is 0 Å². The van der Waals surface area contributed by atoms with E-state index in [2.05, 4.69) is 10.5 Å². The molecule has 0 saturated heterocycles. The van der Waals surface area contributed by atoms with E-state index in [-0.39, 0.29) is 6.03 Å². The Balaban J connectivity index is 2.00. The molecular formula is C14H17N3O3. The number of nitrogens with one attached hydrogen (secondary N) is 1. The van der Waals surface area contributed by atoms with Gasteiger partial charge in [0.15, 0.2) is 5.82 Å². The monoisotopic (exact) mass is 275 g/mol. The predicted octanol–water partition coefficient (Wildman–Crippen LogP) is 2.66. The highest BCUT2D eigenvalue weighted by Gasteiger charge is 2.13. The molecule has 2 rings (SSSR count). The smallest absolute Gasteiger partial charge is 0.323 e. The van der Waals surface area contributed by atoms with Crippen molar-refractivity contribution >= 4 is 11.8 Å². The largest absolute Gasteiger partial charge is 0.496 e. The number of nitrogens with zero attached hydrogens (tertiary/aromatic N) is 2. The summed E-state index contributed by atoms with van der Waals surface area (Å²) >= 11 is 0. The molecule has 0 fully saturated rings. The fraction of sp³-hybridized carbons (Fsp3) is 0.286. The summed E-state index contributed by atoms with van der Waals surface area (Å²) in [6.45, 7) is 2.20. The van der Waals surface area contributed by atoms with E-state index in [1.165, 1.54) is 0 Å². The molecule has 6 nitrogen and oxygen atoms in total. The number of para-hydroxylation sites is 1. The van der Waals surface area contributed by atoms with Gasteiger partial charge in [-0.1, -0.05) is 23.4 Å². The summed E-state index contributed by atoms with van der Waals surface area (Å²) in [5, 5.41) is 6.38. The Labute approximate surface area is 117 Å². The fourth-order valence-corrected chi connectivity index (χ4v) is 1.79. The average molecular weight is 275 g/mol. The van der Waals surface area contributed by atoms with Gasteiger partial charge in [-0.3, -0.25) is 5.32 Å². The number of ether oxygens (including phenoxy) is 1. The van der Waals surface area contributed by atoms with Gasteiger partial charge in [0.1, 0.15) is 11.5 Å². The van der Waals surface area contributed by atoms with Crippen molar-refractivity contribution in [1.82, 2.24) is 10.1 Å². The van der Waals surface area contributed by atoms with Gasteiger partial charge in [0.05, 0.1) is 13.7 Å². The van der Waals surface area contributed by atoms with Gasteiger partial charge < -0.3 is 14.2 Å². The molecule has 20 heavy (non-hydrogen) atoms. The third-order valence-electron chi connectivity index (χ3n) is 2.81. The molecule has 0 atom stereocenters. The number of carbonyl (C=O) groups is 1. The van der Waals surface area contributed by atoms with Crippen molar-refractivity contribution in [2.24, 2.45) is 0 Å². The summed E-state index contributed by atoms with van der Waals surface area (Å²) in [4.78, 5) is 13.6. The molecule has 1 N–H and O–H groups in total. The molecule has 0 saturated carbocycles. The van der Waals surface area contributed by atoms with Crippen molar-refractivity contribution in [3.8, 4) is 5.75 Å². The first-order chi connectivity index (χ1) is 9.60. The SMILES string of the molecule is COc1ccccc1CN(C)C(=O)Nc1cc(C)on1. The molecule has 0 unspecified atom stereocenters. The quantitative estimate of drug-likeness (QED) is 0.931. The number of rotatable bonds is 4. The van der Waals surface area contributed by atoms with Gasteiger partial charge in [0.25, 0.3) is 0 Å². The minimum atomic E-state index is -0.260. The lowest BCUT2D eigenvalue weighted by molar-refractivity contribution is 0.220. The number of hydrogen-bond donors (Lipinski definition) is 1. The summed E-state index contributed by atoms with van der Waals surface area (Å²) < 4.78 is 10.2. The number of carbonyl (C=O) groups excluding carboxylic acids is 1. The van der Waals surface area contributed by atoms with Crippen LogP contribution in [0, 0.1) is 6.92 Å². The highest BCUT2D eigenvalue weighted by atomic mass is 16.5. The standard InChI is InChI=1S/C14H17N3O3/c1-10-8-13(16-20-10)15-14(18)17(2)9-11-6-4-5-7-12(11)19-3/h4-8H,9H2,1-3H3,(H,15,16,18). The van der Waals surface area contributed by atoms with Crippen molar-refractivity contribution in [3.05, 3.63) is 41.7 Å². The van der Waals surface area contributed by atoms with Crippen LogP contribution in [-0.2, 0) is 6.54 Å². The first-order valence-electron chi connectivity index (χ1n) is 6.17. The average Bonchev–Trinajstić information content (AvgIpc) is 2.84. The number of anilines is 1. The van der Waals surface area contributed by atoms with Gasteiger partial charge in [-0.15, -0.1) is 0 Å². The Morgan fingerprint density at radius 3 is 2.85 bits per heavy atom. The molecule has 0 spiro atoms. The van der Waals surface area contributed by atoms with Gasteiger partial charge in [0, 0.05) is 18.7 Å². The van der Waals surface area contributed by atoms with Crippen LogP contribution in [0.5, 0.6) is 5.75 Å². The van der Waals surface area contributed by atoms with Gasteiger partial charge in [-0.05, 0) is 13.0 Å². The number of methoxy groups -OCH3 is 1. The topological polar surface area (TPSA) is 67.6 Å². The summed E-state index contributed by atoms with van der Waals surface area (Å²) in [5.74, 6) is 1.80. The molecule has 1 heterocycles. The van der Waals surface area contributed by atoms with Gasteiger partial charge >= 0.3 is 6.03 Å². The van der Waals surface area contributed by atoms with E-state index in [1.54, 1.807) is 32.0 Å². The third kappa shape index (κ3) is 3.28. The number of urea groups is 1. The van der Waals surface area contributed by atoms with Crippen LogP contribution >= 0.6 is 0 Å². The van der Waals surface area contributed by atoms with Crippen molar-refractivity contribution in [3.63, 3.8) is 0 Å². The highest BCUT2D eigenvalue weighted by Crippen LogP contribution is 2.19. The molecule has 1 aromatic heterocycles. The second-order valence-electron chi connectivity index (χ2n) is 4.42. The second kappa shape index (κ2) is 6.10. The maximum atomic E-state index is 12.0. The molecule has 2 amide bonds. The number of aryl methyl sites for hydroxylation is 1.